The van der Waals surface area contributed by atoms with Crippen LogP contribution in [0.15, 0.2) is 0 Å². The van der Waals surface area contributed by atoms with Crippen molar-refractivity contribution in [3.8, 4) is 0 Å². The molecule has 0 spiro atoms. The first-order chi connectivity index (χ1) is 9.47. The molecule has 2 atom stereocenters. The molecule has 1 aliphatic heterocycles. The van der Waals surface area contributed by atoms with Gasteiger partial charge in [-0.25, -0.2) is 9.69 Å². The molecule has 0 aromatic heterocycles. The highest BCUT2D eigenvalue weighted by Crippen LogP contribution is 2.31. The van der Waals surface area contributed by atoms with E-state index in [4.69, 9.17) is 0 Å². The van der Waals surface area contributed by atoms with Crippen molar-refractivity contribution < 1.29 is 19.2 Å². The molecule has 0 bridgehead atoms. The molecule has 1 saturated heterocycles. The predicted octanol–water partition coefficient (Wildman–Crippen LogP) is 0.102. The number of nitrogens with one attached hydrogen (secondary N) is 1. The van der Waals surface area contributed by atoms with Gasteiger partial charge in [0.05, 0.1) is 0 Å². The topological polar surface area (TPSA) is 86.8 Å². The van der Waals surface area contributed by atoms with Gasteiger partial charge in [-0.05, 0) is 18.8 Å². The van der Waals surface area contributed by atoms with Gasteiger partial charge >= 0.3 is 17.8 Å². The van der Waals surface area contributed by atoms with Crippen molar-refractivity contribution >= 4 is 23.8 Å². The molecule has 0 aromatic rings. The summed E-state index contributed by atoms with van der Waals surface area (Å²) in [4.78, 5) is 49.2. The van der Waals surface area contributed by atoms with Crippen LogP contribution in [0.2, 0.25) is 0 Å². The summed E-state index contributed by atoms with van der Waals surface area (Å²) in [5.41, 5.74) is 0. The minimum Gasteiger partial charge on any atom is -0.358 e. The van der Waals surface area contributed by atoms with Gasteiger partial charge in [0.25, 0.3) is 0 Å². The molecule has 2 rings (SSSR count). The number of rotatable bonds is 3. The summed E-state index contributed by atoms with van der Waals surface area (Å²) in [5.74, 6) is -2.00. The number of imide groups is 2. The van der Waals surface area contributed by atoms with Crippen LogP contribution in [0.5, 0.6) is 0 Å². The molecule has 2 aliphatic rings. The lowest BCUT2D eigenvalue weighted by atomic mass is 9.85. The smallest absolute Gasteiger partial charge is 0.334 e. The fourth-order valence-corrected chi connectivity index (χ4v) is 2.86. The van der Waals surface area contributed by atoms with E-state index in [-0.39, 0.29) is 12.0 Å². The lowest BCUT2D eigenvalue weighted by Gasteiger charge is -2.34. The van der Waals surface area contributed by atoms with Crippen molar-refractivity contribution in [1.29, 1.82) is 0 Å². The van der Waals surface area contributed by atoms with Crippen LogP contribution in [0.4, 0.5) is 4.79 Å². The third kappa shape index (κ3) is 2.39. The van der Waals surface area contributed by atoms with Crippen LogP contribution in [0.3, 0.4) is 0 Å². The number of likely N-dealkylation sites (N-methyl/N-ethyl adjacent to an activating group) is 1. The Bertz CT molecular complexity index is 463. The Balaban J connectivity index is 2.18. The van der Waals surface area contributed by atoms with Crippen molar-refractivity contribution in [2.24, 2.45) is 5.92 Å². The van der Waals surface area contributed by atoms with Crippen LogP contribution < -0.4 is 5.32 Å². The van der Waals surface area contributed by atoms with Crippen molar-refractivity contribution in [3.63, 3.8) is 0 Å². The quantitative estimate of drug-likeness (QED) is 0.587. The predicted molar refractivity (Wildman–Crippen MR) is 69.4 cm³/mol. The van der Waals surface area contributed by atoms with E-state index in [2.05, 4.69) is 5.32 Å². The van der Waals surface area contributed by atoms with Gasteiger partial charge in [0.2, 0.25) is 5.91 Å². The van der Waals surface area contributed by atoms with Crippen LogP contribution >= 0.6 is 0 Å². The molecule has 110 valence electrons. The molecule has 5 amide bonds. The number of hydrogen-bond acceptors (Lipinski definition) is 4. The first-order valence-electron chi connectivity index (χ1n) is 6.87. The maximum Gasteiger partial charge on any atom is 0.334 e. The molecule has 0 aromatic carbocycles. The summed E-state index contributed by atoms with van der Waals surface area (Å²) >= 11 is 0. The number of hydrogen-bond donors (Lipinski definition) is 1. The number of urea groups is 1. The van der Waals surface area contributed by atoms with Gasteiger partial charge in [0.15, 0.2) is 0 Å². The van der Waals surface area contributed by atoms with E-state index in [0.717, 1.165) is 35.5 Å². The van der Waals surface area contributed by atoms with Gasteiger partial charge in [-0.15, -0.1) is 0 Å². The fourth-order valence-electron chi connectivity index (χ4n) is 2.86. The molecule has 1 heterocycles. The van der Waals surface area contributed by atoms with Gasteiger partial charge < -0.3 is 5.32 Å². The summed E-state index contributed by atoms with van der Waals surface area (Å²) < 4.78 is 0. The normalized spacial score (nSPS) is 27.2. The summed E-state index contributed by atoms with van der Waals surface area (Å²) in [6.45, 7) is 1.58. The van der Waals surface area contributed by atoms with Crippen molar-refractivity contribution in [2.45, 2.75) is 38.6 Å². The first kappa shape index (κ1) is 14.5. The van der Waals surface area contributed by atoms with Crippen LogP contribution in [0.25, 0.3) is 0 Å². The highest BCUT2D eigenvalue weighted by atomic mass is 16.2. The zero-order chi connectivity index (χ0) is 14.9. The lowest BCUT2D eigenvalue weighted by Crippen LogP contribution is -2.46. The van der Waals surface area contributed by atoms with Crippen LogP contribution in [0.1, 0.15) is 32.6 Å². The van der Waals surface area contributed by atoms with E-state index in [9.17, 15) is 19.2 Å². The molecule has 1 aliphatic carbocycles. The molecular formula is C13H19N3O4. The highest BCUT2D eigenvalue weighted by Gasteiger charge is 2.49. The highest BCUT2D eigenvalue weighted by molar-refractivity contribution is 6.45. The SMILES string of the molecule is CNC(=O)CN1C(=O)C(=O)N([C@@H]2CCCC[C@H]2C)C1=O. The van der Waals surface area contributed by atoms with Crippen molar-refractivity contribution in [1.82, 2.24) is 15.1 Å². The van der Waals surface area contributed by atoms with E-state index in [1.54, 1.807) is 0 Å². The molecule has 20 heavy (non-hydrogen) atoms. The summed E-state index contributed by atoms with van der Waals surface area (Å²) in [6.07, 6.45) is 3.67. The standard InChI is InChI=1S/C13H19N3O4/c1-8-5-3-4-6-9(8)16-12(19)11(18)15(13(16)20)7-10(17)14-2/h8-9H,3-7H2,1-2H3,(H,14,17)/t8-,9-/m1/s1. The zero-order valence-corrected chi connectivity index (χ0v) is 11.7. The monoisotopic (exact) mass is 281 g/mol. The molecule has 7 heteroatoms. The molecule has 1 N–H and O–H groups in total. The number of nitrogens with zero attached hydrogens (tertiary/aromatic N) is 2. The average Bonchev–Trinajstić information content (AvgIpc) is 2.64. The first-order valence-corrected chi connectivity index (χ1v) is 6.87. The summed E-state index contributed by atoms with van der Waals surface area (Å²) in [6, 6.07) is -0.898. The minimum atomic E-state index is -0.906. The Hall–Kier alpha value is -1.92. The Morgan fingerprint density at radius 3 is 2.45 bits per heavy atom. The summed E-state index contributed by atoms with van der Waals surface area (Å²) in [5, 5.41) is 2.34. The van der Waals surface area contributed by atoms with E-state index < -0.39 is 30.3 Å². The molecule has 2 fully saturated rings. The third-order valence-corrected chi connectivity index (χ3v) is 4.06. The zero-order valence-electron chi connectivity index (χ0n) is 11.7. The minimum absolute atomic E-state index is 0.185. The van der Waals surface area contributed by atoms with Gasteiger partial charge in [-0.2, -0.15) is 0 Å². The number of amides is 5. The Morgan fingerprint density at radius 2 is 1.85 bits per heavy atom. The van der Waals surface area contributed by atoms with Crippen molar-refractivity contribution in [2.75, 3.05) is 13.6 Å². The summed E-state index contributed by atoms with van der Waals surface area (Å²) in [7, 11) is 1.41. The molecule has 1 saturated carbocycles. The van der Waals surface area contributed by atoms with E-state index in [1.165, 1.54) is 7.05 Å². The Morgan fingerprint density at radius 1 is 1.20 bits per heavy atom. The third-order valence-electron chi connectivity index (χ3n) is 4.06. The van der Waals surface area contributed by atoms with E-state index in [0.29, 0.717) is 0 Å². The largest absolute Gasteiger partial charge is 0.358 e. The second-order valence-electron chi connectivity index (χ2n) is 5.35. The maximum atomic E-state index is 12.3. The number of carbonyl (C=O) groups is 4. The molecular weight excluding hydrogens is 262 g/mol. The van der Waals surface area contributed by atoms with Crippen molar-refractivity contribution in [3.05, 3.63) is 0 Å². The fraction of sp³-hybridized carbons (Fsp3) is 0.692. The lowest BCUT2D eigenvalue weighted by molar-refractivity contribution is -0.145. The molecule has 0 unspecified atom stereocenters. The molecule has 0 radical (unpaired) electrons. The van der Waals surface area contributed by atoms with Gasteiger partial charge in [0, 0.05) is 13.1 Å². The second kappa shape index (κ2) is 5.60. The second-order valence-corrected chi connectivity index (χ2v) is 5.35. The van der Waals surface area contributed by atoms with Crippen LogP contribution in [-0.2, 0) is 14.4 Å². The van der Waals surface area contributed by atoms with E-state index in [1.807, 2.05) is 6.92 Å². The molecule has 7 nitrogen and oxygen atoms in total. The maximum absolute atomic E-state index is 12.3. The van der Waals surface area contributed by atoms with Gasteiger partial charge in [-0.3, -0.25) is 19.3 Å². The van der Waals surface area contributed by atoms with Gasteiger partial charge in [0.1, 0.15) is 6.54 Å². The van der Waals surface area contributed by atoms with Gasteiger partial charge in [-0.1, -0.05) is 19.8 Å². The Labute approximate surface area is 117 Å². The average molecular weight is 281 g/mol. The Kier molecular flexibility index (Phi) is 4.06. The van der Waals surface area contributed by atoms with E-state index >= 15 is 0 Å². The van der Waals surface area contributed by atoms with Crippen LogP contribution in [0, 0.1) is 5.92 Å². The number of carbonyl (C=O) groups excluding carboxylic acids is 4. The van der Waals surface area contributed by atoms with Crippen LogP contribution in [-0.4, -0.2) is 53.2 Å².